The average molecular weight is 319 g/mol. The lowest BCUT2D eigenvalue weighted by molar-refractivity contribution is 0.572. The molecule has 0 saturated carbocycles. The maximum absolute atomic E-state index is 13.6. The summed E-state index contributed by atoms with van der Waals surface area (Å²) in [6.45, 7) is 0. The number of nitrogen functional groups attached to an aromatic ring is 1. The molecule has 0 heterocycles. The number of nitrogens with two attached hydrogens (primary N) is 1. The summed E-state index contributed by atoms with van der Waals surface area (Å²) >= 11 is 5.75. The number of halogens is 3. The van der Waals surface area contributed by atoms with E-state index in [0.29, 0.717) is 0 Å². The molecule has 8 heteroatoms. The SMILES string of the molecule is Nc1cccc(F)c1S(=O)(=O)Nc1cc(F)ccc1Cl. The van der Waals surface area contributed by atoms with Gasteiger partial charge in [-0.15, -0.1) is 0 Å². The molecule has 0 amide bonds. The van der Waals surface area contributed by atoms with Crippen LogP contribution >= 0.6 is 11.6 Å². The van der Waals surface area contributed by atoms with Crippen molar-refractivity contribution in [2.75, 3.05) is 10.5 Å². The van der Waals surface area contributed by atoms with Crippen molar-refractivity contribution < 1.29 is 17.2 Å². The fourth-order valence-corrected chi connectivity index (χ4v) is 3.06. The Balaban J connectivity index is 2.49. The summed E-state index contributed by atoms with van der Waals surface area (Å²) in [7, 11) is -4.32. The minimum atomic E-state index is -4.32. The lowest BCUT2D eigenvalue weighted by Crippen LogP contribution is -2.17. The van der Waals surface area contributed by atoms with Gasteiger partial charge in [-0.1, -0.05) is 17.7 Å². The number of benzene rings is 2. The van der Waals surface area contributed by atoms with E-state index in [0.717, 1.165) is 18.2 Å². The highest BCUT2D eigenvalue weighted by Crippen LogP contribution is 2.28. The van der Waals surface area contributed by atoms with Gasteiger partial charge in [-0.05, 0) is 30.3 Å². The molecule has 2 rings (SSSR count). The van der Waals surface area contributed by atoms with Gasteiger partial charge in [-0.2, -0.15) is 0 Å². The first kappa shape index (κ1) is 14.5. The van der Waals surface area contributed by atoms with Crippen molar-refractivity contribution in [2.45, 2.75) is 4.90 Å². The third kappa shape index (κ3) is 2.83. The van der Waals surface area contributed by atoms with Crippen molar-refractivity contribution in [2.24, 2.45) is 0 Å². The van der Waals surface area contributed by atoms with Crippen LogP contribution in [0.3, 0.4) is 0 Å². The first-order chi connectivity index (χ1) is 9.31. The number of nitrogens with one attached hydrogen (secondary N) is 1. The highest BCUT2D eigenvalue weighted by atomic mass is 35.5. The van der Waals surface area contributed by atoms with Gasteiger partial charge in [0.1, 0.15) is 16.5 Å². The van der Waals surface area contributed by atoms with E-state index in [4.69, 9.17) is 17.3 Å². The molecule has 0 unspecified atom stereocenters. The van der Waals surface area contributed by atoms with E-state index in [1.165, 1.54) is 18.2 Å². The number of hydrogen-bond donors (Lipinski definition) is 2. The molecule has 0 radical (unpaired) electrons. The van der Waals surface area contributed by atoms with E-state index >= 15 is 0 Å². The van der Waals surface area contributed by atoms with E-state index < -0.39 is 26.6 Å². The monoisotopic (exact) mass is 318 g/mol. The molecule has 2 aromatic rings. The molecule has 0 atom stereocenters. The van der Waals surface area contributed by atoms with Gasteiger partial charge in [-0.25, -0.2) is 17.2 Å². The zero-order valence-corrected chi connectivity index (χ0v) is 11.5. The fourth-order valence-electron chi connectivity index (χ4n) is 1.58. The van der Waals surface area contributed by atoms with Gasteiger partial charge in [0.05, 0.1) is 16.4 Å². The molecular weight excluding hydrogens is 310 g/mol. The third-order valence-electron chi connectivity index (χ3n) is 2.44. The van der Waals surface area contributed by atoms with Crippen molar-refractivity contribution >= 4 is 33.0 Å². The standard InChI is InChI=1S/C12H9ClF2N2O2S/c13-8-5-4-7(14)6-11(8)17-20(18,19)12-9(15)2-1-3-10(12)16/h1-6,17H,16H2. The van der Waals surface area contributed by atoms with Gasteiger partial charge >= 0.3 is 0 Å². The second-order valence-corrected chi connectivity index (χ2v) is 5.91. The Hall–Kier alpha value is -1.86. The van der Waals surface area contributed by atoms with Crippen LogP contribution in [0.1, 0.15) is 0 Å². The van der Waals surface area contributed by atoms with Gasteiger partial charge < -0.3 is 5.73 Å². The normalized spacial score (nSPS) is 11.3. The van der Waals surface area contributed by atoms with Crippen LogP contribution in [0.25, 0.3) is 0 Å². The van der Waals surface area contributed by atoms with Gasteiger partial charge in [0.25, 0.3) is 10.0 Å². The molecule has 0 aliphatic carbocycles. The lowest BCUT2D eigenvalue weighted by atomic mass is 10.3. The molecule has 106 valence electrons. The number of hydrogen-bond acceptors (Lipinski definition) is 3. The van der Waals surface area contributed by atoms with Gasteiger partial charge in [0, 0.05) is 0 Å². The van der Waals surface area contributed by atoms with Crippen LogP contribution in [0.5, 0.6) is 0 Å². The maximum atomic E-state index is 13.6. The van der Waals surface area contributed by atoms with E-state index in [9.17, 15) is 17.2 Å². The molecule has 2 aromatic carbocycles. The molecule has 0 fully saturated rings. The fraction of sp³-hybridized carbons (Fsp3) is 0. The second-order valence-electron chi connectivity index (χ2n) is 3.89. The van der Waals surface area contributed by atoms with Crippen LogP contribution in [0.15, 0.2) is 41.3 Å². The Kier molecular flexibility index (Phi) is 3.82. The number of sulfonamides is 1. The molecule has 3 N–H and O–H groups in total. The predicted molar refractivity (Wildman–Crippen MR) is 73.0 cm³/mol. The van der Waals surface area contributed by atoms with E-state index in [2.05, 4.69) is 0 Å². The van der Waals surface area contributed by atoms with E-state index in [1.807, 2.05) is 4.72 Å². The lowest BCUT2D eigenvalue weighted by Gasteiger charge is -2.12. The van der Waals surface area contributed by atoms with E-state index in [-0.39, 0.29) is 16.4 Å². The molecule has 0 aliphatic rings. The van der Waals surface area contributed by atoms with Crippen molar-refractivity contribution in [1.82, 2.24) is 0 Å². The molecular formula is C12H9ClF2N2O2S. The smallest absolute Gasteiger partial charge is 0.266 e. The van der Waals surface area contributed by atoms with Gasteiger partial charge in [0.15, 0.2) is 0 Å². The third-order valence-corrected chi connectivity index (χ3v) is 4.23. The van der Waals surface area contributed by atoms with Crippen LogP contribution in [0, 0.1) is 11.6 Å². The van der Waals surface area contributed by atoms with Crippen LogP contribution in [-0.4, -0.2) is 8.42 Å². The van der Waals surface area contributed by atoms with Crippen molar-refractivity contribution in [3.8, 4) is 0 Å². The van der Waals surface area contributed by atoms with Gasteiger partial charge in [-0.3, -0.25) is 4.72 Å². The van der Waals surface area contributed by atoms with E-state index in [1.54, 1.807) is 0 Å². The van der Waals surface area contributed by atoms with Crippen LogP contribution in [0.4, 0.5) is 20.2 Å². The Labute approximate surface area is 119 Å². The average Bonchev–Trinajstić information content (AvgIpc) is 2.33. The van der Waals surface area contributed by atoms with Crippen LogP contribution in [-0.2, 0) is 10.0 Å². The zero-order valence-electron chi connectivity index (χ0n) is 9.90. The summed E-state index contributed by atoms with van der Waals surface area (Å²) in [5, 5.41) is -0.0233. The Morgan fingerprint density at radius 1 is 1.15 bits per heavy atom. The first-order valence-electron chi connectivity index (χ1n) is 5.33. The summed E-state index contributed by atoms with van der Waals surface area (Å²) in [6, 6.07) is 6.61. The molecule has 0 saturated heterocycles. The van der Waals surface area contributed by atoms with Crippen molar-refractivity contribution in [3.63, 3.8) is 0 Å². The maximum Gasteiger partial charge on any atom is 0.266 e. The van der Waals surface area contributed by atoms with Crippen LogP contribution < -0.4 is 10.5 Å². The van der Waals surface area contributed by atoms with Crippen LogP contribution in [0.2, 0.25) is 5.02 Å². The quantitative estimate of drug-likeness (QED) is 0.854. The summed E-state index contributed by atoms with van der Waals surface area (Å²) in [4.78, 5) is -0.708. The second kappa shape index (κ2) is 5.26. The van der Waals surface area contributed by atoms with Crippen molar-refractivity contribution in [1.29, 1.82) is 0 Å². The first-order valence-corrected chi connectivity index (χ1v) is 7.19. The molecule has 20 heavy (non-hydrogen) atoms. The summed E-state index contributed by atoms with van der Waals surface area (Å²) in [6.07, 6.45) is 0. The molecule has 0 aromatic heterocycles. The Morgan fingerprint density at radius 3 is 2.50 bits per heavy atom. The molecule has 0 bridgehead atoms. The number of anilines is 2. The largest absolute Gasteiger partial charge is 0.398 e. The Bertz CT molecular complexity index is 746. The zero-order chi connectivity index (χ0) is 14.9. The predicted octanol–water partition coefficient (Wildman–Crippen LogP) is 3.00. The Morgan fingerprint density at radius 2 is 1.85 bits per heavy atom. The topological polar surface area (TPSA) is 72.2 Å². The minimum absolute atomic E-state index is 0.0233. The van der Waals surface area contributed by atoms with Gasteiger partial charge in [0.2, 0.25) is 0 Å². The molecule has 0 spiro atoms. The highest BCUT2D eigenvalue weighted by Gasteiger charge is 2.23. The molecule has 0 aliphatic heterocycles. The summed E-state index contributed by atoms with van der Waals surface area (Å²) in [5.74, 6) is -1.70. The van der Waals surface area contributed by atoms with Crippen molar-refractivity contribution in [3.05, 3.63) is 53.1 Å². The number of rotatable bonds is 3. The summed E-state index contributed by atoms with van der Waals surface area (Å²) < 4.78 is 52.9. The summed E-state index contributed by atoms with van der Waals surface area (Å²) in [5.41, 5.74) is 5.00. The molecule has 4 nitrogen and oxygen atoms in total. The highest BCUT2D eigenvalue weighted by molar-refractivity contribution is 7.93. The minimum Gasteiger partial charge on any atom is -0.398 e.